The molecule has 0 bridgehead atoms. The van der Waals surface area contributed by atoms with Crippen molar-refractivity contribution in [3.63, 3.8) is 0 Å². The van der Waals surface area contributed by atoms with Crippen molar-refractivity contribution in [2.45, 2.75) is 20.5 Å². The monoisotopic (exact) mass is 593 g/mol. The van der Waals surface area contributed by atoms with Crippen LogP contribution in [0.3, 0.4) is 0 Å². The third kappa shape index (κ3) is 5.69. The molecule has 2 heterocycles. The summed E-state index contributed by atoms with van der Waals surface area (Å²) >= 11 is 6.69. The second-order valence-corrected chi connectivity index (χ2v) is 10.2. The van der Waals surface area contributed by atoms with Gasteiger partial charge in [-0.1, -0.05) is 59.6 Å². The van der Waals surface area contributed by atoms with Gasteiger partial charge in [0, 0.05) is 0 Å². The molecule has 8 nitrogen and oxygen atoms in total. The van der Waals surface area contributed by atoms with Crippen LogP contribution < -0.4 is 19.8 Å². The number of halogens is 1. The van der Waals surface area contributed by atoms with Crippen LogP contribution in [0.25, 0.3) is 33.5 Å². The first kappa shape index (κ1) is 28.1. The Bertz CT molecular complexity index is 2050. The molecular formula is C34H28ClN3O5. The van der Waals surface area contributed by atoms with E-state index in [9.17, 15) is 4.79 Å². The molecule has 9 heteroatoms. The molecule has 0 unspecified atom stereocenters. The van der Waals surface area contributed by atoms with E-state index in [-0.39, 0.29) is 11.4 Å². The molecule has 0 aliphatic rings. The highest BCUT2D eigenvalue weighted by atomic mass is 35.5. The van der Waals surface area contributed by atoms with E-state index in [2.05, 4.69) is 11.2 Å². The minimum absolute atomic E-state index is 0.243. The van der Waals surface area contributed by atoms with Crippen LogP contribution in [0.4, 0.5) is 0 Å². The first-order chi connectivity index (χ1) is 20.9. The number of furan rings is 1. The van der Waals surface area contributed by atoms with Gasteiger partial charge in [0.2, 0.25) is 5.82 Å². The van der Waals surface area contributed by atoms with Gasteiger partial charge in [-0.3, -0.25) is 4.79 Å². The average Bonchev–Trinajstić information content (AvgIpc) is 3.45. The maximum atomic E-state index is 13.7. The van der Waals surface area contributed by atoms with Crippen LogP contribution in [0.1, 0.15) is 23.6 Å². The third-order valence-corrected chi connectivity index (χ3v) is 7.12. The lowest BCUT2D eigenvalue weighted by Gasteiger charge is -2.15. The second kappa shape index (κ2) is 12.0. The standard InChI is InChI=1S/C34H28ClN3O5/c1-4-41-30-17-23(16-26(35)32(30)42-20-22-10-7-9-21(2)15-22)19-36-38-33(37-27-12-6-5-11-24(27)34(38)39)31-18-25-28(40-3)13-8-14-29(25)43-31/h5-19H,4,20H2,1-3H3. The molecule has 6 rings (SSSR count). The topological polar surface area (TPSA) is 88.1 Å². The van der Waals surface area contributed by atoms with Crippen molar-refractivity contribution in [3.05, 3.63) is 117 Å². The van der Waals surface area contributed by atoms with E-state index in [4.69, 9.17) is 35.2 Å². The Labute approximate surface area is 252 Å². The Morgan fingerprint density at radius 3 is 2.60 bits per heavy atom. The summed E-state index contributed by atoms with van der Waals surface area (Å²) < 4.78 is 24.8. The minimum Gasteiger partial charge on any atom is -0.496 e. The molecular weight excluding hydrogens is 566 g/mol. The number of fused-ring (bicyclic) bond motifs is 2. The van der Waals surface area contributed by atoms with Gasteiger partial charge in [-0.25, -0.2) is 4.98 Å². The molecule has 0 saturated heterocycles. The van der Waals surface area contributed by atoms with Crippen LogP contribution in [-0.2, 0) is 6.61 Å². The quantitative estimate of drug-likeness (QED) is 0.160. The molecule has 0 aliphatic carbocycles. The zero-order valence-electron chi connectivity index (χ0n) is 23.8. The number of methoxy groups -OCH3 is 1. The Hall–Kier alpha value is -5.08. The lowest BCUT2D eigenvalue weighted by Crippen LogP contribution is -2.20. The van der Waals surface area contributed by atoms with Crippen molar-refractivity contribution in [2.75, 3.05) is 13.7 Å². The highest BCUT2D eigenvalue weighted by Crippen LogP contribution is 2.37. The number of ether oxygens (including phenoxy) is 3. The minimum atomic E-state index is -0.349. The van der Waals surface area contributed by atoms with Crippen molar-refractivity contribution < 1.29 is 18.6 Å². The van der Waals surface area contributed by atoms with Crippen molar-refractivity contribution in [3.8, 4) is 28.8 Å². The van der Waals surface area contributed by atoms with Crippen molar-refractivity contribution >= 4 is 39.7 Å². The fourth-order valence-electron chi connectivity index (χ4n) is 4.86. The van der Waals surface area contributed by atoms with Crippen LogP contribution in [0.15, 0.2) is 99.2 Å². The summed E-state index contributed by atoms with van der Waals surface area (Å²) in [6.45, 7) is 4.65. The van der Waals surface area contributed by atoms with Gasteiger partial charge in [-0.15, -0.1) is 0 Å². The van der Waals surface area contributed by atoms with Crippen molar-refractivity contribution in [1.29, 1.82) is 0 Å². The van der Waals surface area contributed by atoms with Crippen LogP contribution in [0, 0.1) is 6.92 Å². The molecule has 0 atom stereocenters. The third-order valence-electron chi connectivity index (χ3n) is 6.84. The number of aromatic nitrogens is 2. The Kier molecular flexibility index (Phi) is 7.85. The van der Waals surface area contributed by atoms with Gasteiger partial charge in [0.1, 0.15) is 17.9 Å². The van der Waals surface area contributed by atoms with E-state index in [0.29, 0.717) is 63.3 Å². The summed E-state index contributed by atoms with van der Waals surface area (Å²) in [5.74, 6) is 2.16. The predicted molar refractivity (Wildman–Crippen MR) is 169 cm³/mol. The van der Waals surface area contributed by atoms with Crippen LogP contribution in [0.5, 0.6) is 17.2 Å². The normalized spacial score (nSPS) is 11.4. The van der Waals surface area contributed by atoms with Crippen LogP contribution in [-0.4, -0.2) is 29.6 Å². The van der Waals surface area contributed by atoms with Gasteiger partial charge in [0.05, 0.1) is 41.2 Å². The first-order valence-corrected chi connectivity index (χ1v) is 14.1. The largest absolute Gasteiger partial charge is 0.496 e. The number of para-hydroxylation sites is 1. The number of aryl methyl sites for hydroxylation is 1. The molecule has 43 heavy (non-hydrogen) atoms. The molecule has 0 radical (unpaired) electrons. The zero-order valence-corrected chi connectivity index (χ0v) is 24.6. The van der Waals surface area contributed by atoms with Gasteiger partial charge >= 0.3 is 0 Å². The van der Waals surface area contributed by atoms with Gasteiger partial charge in [-0.2, -0.15) is 9.78 Å². The van der Waals surface area contributed by atoms with E-state index in [1.54, 1.807) is 43.5 Å². The molecule has 0 fully saturated rings. The molecule has 2 aromatic heterocycles. The fourth-order valence-corrected chi connectivity index (χ4v) is 5.13. The molecule has 0 spiro atoms. The number of hydrogen-bond donors (Lipinski definition) is 0. The summed E-state index contributed by atoms with van der Waals surface area (Å²) in [6, 6.07) is 26.0. The molecule has 216 valence electrons. The van der Waals surface area contributed by atoms with Crippen molar-refractivity contribution in [2.24, 2.45) is 5.10 Å². The average molecular weight is 594 g/mol. The van der Waals surface area contributed by atoms with E-state index in [1.165, 1.54) is 10.9 Å². The number of benzene rings is 4. The summed E-state index contributed by atoms with van der Waals surface area (Å²) in [7, 11) is 1.59. The maximum absolute atomic E-state index is 13.7. The molecule has 4 aromatic carbocycles. The maximum Gasteiger partial charge on any atom is 0.282 e. The van der Waals surface area contributed by atoms with Gasteiger partial charge in [0.15, 0.2) is 17.3 Å². The lowest BCUT2D eigenvalue weighted by atomic mass is 10.1. The summed E-state index contributed by atoms with van der Waals surface area (Å²) in [5.41, 5.74) is 3.54. The van der Waals surface area contributed by atoms with E-state index in [1.807, 2.05) is 56.3 Å². The Morgan fingerprint density at radius 1 is 0.953 bits per heavy atom. The highest BCUT2D eigenvalue weighted by molar-refractivity contribution is 6.32. The van der Waals surface area contributed by atoms with Crippen LogP contribution >= 0.6 is 11.6 Å². The molecule has 0 saturated carbocycles. The molecule has 6 aromatic rings. The lowest BCUT2D eigenvalue weighted by molar-refractivity contribution is 0.269. The van der Waals surface area contributed by atoms with Gasteiger partial charge in [-0.05, 0) is 67.4 Å². The van der Waals surface area contributed by atoms with E-state index < -0.39 is 0 Å². The van der Waals surface area contributed by atoms with E-state index >= 15 is 0 Å². The summed E-state index contributed by atoms with van der Waals surface area (Å²) in [6.07, 6.45) is 1.53. The fraction of sp³-hybridized carbons (Fsp3) is 0.147. The zero-order chi connectivity index (χ0) is 29.9. The van der Waals surface area contributed by atoms with Gasteiger partial charge < -0.3 is 18.6 Å². The first-order valence-electron chi connectivity index (χ1n) is 13.7. The number of nitrogens with zero attached hydrogens (tertiary/aromatic N) is 3. The Balaban J connectivity index is 1.41. The molecule has 0 N–H and O–H groups in total. The van der Waals surface area contributed by atoms with Crippen molar-refractivity contribution in [1.82, 2.24) is 9.66 Å². The molecule has 0 aliphatic heterocycles. The highest BCUT2D eigenvalue weighted by Gasteiger charge is 2.18. The SMILES string of the molecule is CCOc1cc(C=Nn2c(-c3cc4c(OC)cccc4o3)nc3ccccc3c2=O)cc(Cl)c1OCc1cccc(C)c1. The smallest absolute Gasteiger partial charge is 0.282 e. The number of hydrogen-bond acceptors (Lipinski definition) is 7. The van der Waals surface area contributed by atoms with Gasteiger partial charge in [0.25, 0.3) is 5.56 Å². The Morgan fingerprint density at radius 2 is 1.79 bits per heavy atom. The second-order valence-electron chi connectivity index (χ2n) is 9.84. The summed E-state index contributed by atoms with van der Waals surface area (Å²) in [5, 5.41) is 6.09. The number of rotatable bonds is 9. The molecule has 0 amide bonds. The van der Waals surface area contributed by atoms with Crippen LogP contribution in [0.2, 0.25) is 5.02 Å². The summed E-state index contributed by atoms with van der Waals surface area (Å²) in [4.78, 5) is 18.4. The van der Waals surface area contributed by atoms with E-state index in [0.717, 1.165) is 16.5 Å². The predicted octanol–water partition coefficient (Wildman–Crippen LogP) is 7.64.